The molecule has 0 aliphatic rings. The van der Waals surface area contributed by atoms with Crippen molar-refractivity contribution in [1.29, 1.82) is 0 Å². The Labute approximate surface area is 137 Å². The van der Waals surface area contributed by atoms with Crippen LogP contribution in [-0.2, 0) is 5.60 Å². The van der Waals surface area contributed by atoms with Crippen molar-refractivity contribution < 1.29 is 5.11 Å². The molecule has 0 aliphatic heterocycles. The number of nitrogen functional groups attached to an aromatic ring is 2. The quantitative estimate of drug-likeness (QED) is 0.583. The predicted molar refractivity (Wildman–Crippen MR) is 96.1 cm³/mol. The van der Waals surface area contributed by atoms with Crippen LogP contribution in [0.15, 0.2) is 35.3 Å². The van der Waals surface area contributed by atoms with Crippen molar-refractivity contribution >= 4 is 24.3 Å². The summed E-state index contributed by atoms with van der Waals surface area (Å²) in [6.07, 6.45) is 1.56. The van der Waals surface area contributed by atoms with Crippen molar-refractivity contribution in [1.82, 2.24) is 4.48 Å². The number of rotatable bonds is 4. The van der Waals surface area contributed by atoms with E-state index >= 15 is 0 Å². The van der Waals surface area contributed by atoms with Crippen LogP contribution < -0.4 is 22.5 Å². The van der Waals surface area contributed by atoms with Crippen LogP contribution in [0.4, 0.5) is 11.4 Å². The zero-order chi connectivity index (χ0) is 17.4. The van der Waals surface area contributed by atoms with Gasteiger partial charge in [-0.15, -0.1) is 0 Å². The van der Waals surface area contributed by atoms with Crippen LogP contribution >= 0.6 is 0 Å². The van der Waals surface area contributed by atoms with E-state index in [0.29, 0.717) is 17.2 Å². The van der Waals surface area contributed by atoms with Crippen molar-refractivity contribution in [2.45, 2.75) is 39.2 Å². The third kappa shape index (κ3) is 3.77. The van der Waals surface area contributed by atoms with Crippen molar-refractivity contribution in [2.75, 3.05) is 11.5 Å². The SMILES string of the molecule is CC(C)c1ccc([B]n2cc(C(C)(C)O)c(N)cc2=O)cc1N. The van der Waals surface area contributed by atoms with Gasteiger partial charge in [-0.25, -0.2) is 0 Å². The molecule has 1 aromatic carbocycles. The van der Waals surface area contributed by atoms with Gasteiger partial charge >= 0.3 is 0 Å². The summed E-state index contributed by atoms with van der Waals surface area (Å²) in [5.74, 6) is 0.338. The van der Waals surface area contributed by atoms with Crippen LogP contribution in [0.3, 0.4) is 0 Å². The molecule has 0 unspecified atom stereocenters. The third-order valence-electron chi connectivity index (χ3n) is 3.79. The Balaban J connectivity index is 2.41. The molecule has 0 fully saturated rings. The molecule has 121 valence electrons. The predicted octanol–water partition coefficient (Wildman–Crippen LogP) is 1.16. The molecular weight excluding hydrogens is 289 g/mol. The van der Waals surface area contributed by atoms with Crippen LogP contribution in [0.2, 0.25) is 0 Å². The summed E-state index contributed by atoms with van der Waals surface area (Å²) < 4.78 is 1.41. The first-order valence-electron chi connectivity index (χ1n) is 7.58. The van der Waals surface area contributed by atoms with E-state index in [-0.39, 0.29) is 11.2 Å². The van der Waals surface area contributed by atoms with E-state index in [2.05, 4.69) is 13.8 Å². The molecule has 6 heteroatoms. The standard InChI is InChI=1S/C17H23BN3O2/c1-10(2)12-6-5-11(7-14(12)19)18-21-9-13(17(3,4)23)15(20)8-16(21)22/h5-10,23H,19-20H2,1-4H3. The Morgan fingerprint density at radius 3 is 2.35 bits per heavy atom. The van der Waals surface area contributed by atoms with Crippen molar-refractivity contribution in [3.63, 3.8) is 0 Å². The smallest absolute Gasteiger partial charge is 0.294 e. The lowest BCUT2D eigenvalue weighted by Crippen LogP contribution is -2.34. The molecule has 2 aromatic rings. The van der Waals surface area contributed by atoms with Gasteiger partial charge in [0.25, 0.3) is 7.41 Å². The van der Waals surface area contributed by atoms with Crippen LogP contribution in [0.25, 0.3) is 0 Å². The van der Waals surface area contributed by atoms with Gasteiger partial charge < -0.3 is 21.1 Å². The average Bonchev–Trinajstić information content (AvgIpc) is 2.40. The number of aliphatic hydroxyl groups is 1. The highest BCUT2D eigenvalue weighted by atomic mass is 16.3. The summed E-state index contributed by atoms with van der Waals surface area (Å²) in [7, 11) is 1.68. The summed E-state index contributed by atoms with van der Waals surface area (Å²) in [5.41, 5.74) is 13.9. The topological polar surface area (TPSA) is 94.3 Å². The molecule has 0 amide bonds. The number of nitrogens with two attached hydrogens (primary N) is 2. The van der Waals surface area contributed by atoms with Gasteiger partial charge in [-0.05, 0) is 31.4 Å². The molecule has 0 aliphatic carbocycles. The molecule has 0 saturated carbocycles. The second-order valence-electron chi connectivity index (χ2n) is 6.62. The maximum atomic E-state index is 12.1. The Bertz CT molecular complexity index is 776. The number of aromatic nitrogens is 1. The maximum absolute atomic E-state index is 12.1. The molecule has 23 heavy (non-hydrogen) atoms. The van der Waals surface area contributed by atoms with Gasteiger partial charge in [0.1, 0.15) is 0 Å². The lowest BCUT2D eigenvalue weighted by Gasteiger charge is -2.21. The van der Waals surface area contributed by atoms with E-state index in [0.717, 1.165) is 11.0 Å². The number of nitrogens with zero attached hydrogens (tertiary/aromatic N) is 1. The first-order valence-corrected chi connectivity index (χ1v) is 7.58. The number of hydrogen-bond donors (Lipinski definition) is 3. The van der Waals surface area contributed by atoms with Gasteiger partial charge in [0.05, 0.1) is 5.60 Å². The highest BCUT2D eigenvalue weighted by molar-refractivity contribution is 6.52. The van der Waals surface area contributed by atoms with Gasteiger partial charge in [0.2, 0.25) is 5.56 Å². The first kappa shape index (κ1) is 17.2. The fourth-order valence-corrected chi connectivity index (χ4v) is 2.53. The van der Waals surface area contributed by atoms with Crippen molar-refractivity contribution in [2.24, 2.45) is 0 Å². The van der Waals surface area contributed by atoms with Crippen LogP contribution in [-0.4, -0.2) is 17.0 Å². The summed E-state index contributed by atoms with van der Waals surface area (Å²) >= 11 is 0. The lowest BCUT2D eigenvalue weighted by molar-refractivity contribution is 0.0789. The van der Waals surface area contributed by atoms with Crippen LogP contribution in [0, 0.1) is 0 Å². The maximum Gasteiger partial charge on any atom is 0.294 e. The fourth-order valence-electron chi connectivity index (χ4n) is 2.53. The third-order valence-corrected chi connectivity index (χ3v) is 3.79. The van der Waals surface area contributed by atoms with Gasteiger partial charge in [0.15, 0.2) is 0 Å². The minimum Gasteiger partial charge on any atom is -0.399 e. The summed E-state index contributed by atoms with van der Waals surface area (Å²) in [4.78, 5) is 12.1. The minimum absolute atomic E-state index is 0.262. The number of anilines is 2. The van der Waals surface area contributed by atoms with E-state index in [9.17, 15) is 9.90 Å². The van der Waals surface area contributed by atoms with E-state index in [1.54, 1.807) is 27.5 Å². The zero-order valence-corrected chi connectivity index (χ0v) is 14.0. The van der Waals surface area contributed by atoms with Gasteiger partial charge in [0, 0.05) is 29.2 Å². The van der Waals surface area contributed by atoms with Crippen molar-refractivity contribution in [3.05, 3.63) is 51.9 Å². The molecule has 0 spiro atoms. The van der Waals surface area contributed by atoms with Gasteiger partial charge in [-0.3, -0.25) is 4.79 Å². The Hall–Kier alpha value is -2.21. The fraction of sp³-hybridized carbons (Fsp3) is 0.353. The largest absolute Gasteiger partial charge is 0.399 e. The Morgan fingerprint density at radius 1 is 1.17 bits per heavy atom. The second kappa shape index (κ2) is 6.12. The van der Waals surface area contributed by atoms with Crippen LogP contribution in [0.5, 0.6) is 0 Å². The van der Waals surface area contributed by atoms with Crippen LogP contribution in [0.1, 0.15) is 44.7 Å². The monoisotopic (exact) mass is 312 g/mol. The molecule has 1 heterocycles. The van der Waals surface area contributed by atoms with E-state index < -0.39 is 5.60 Å². The Kier molecular flexibility index (Phi) is 4.57. The van der Waals surface area contributed by atoms with E-state index in [1.807, 2.05) is 18.2 Å². The minimum atomic E-state index is -1.13. The zero-order valence-electron chi connectivity index (χ0n) is 14.0. The normalized spacial score (nSPS) is 11.7. The van der Waals surface area contributed by atoms with E-state index in [4.69, 9.17) is 11.5 Å². The molecule has 1 radical (unpaired) electrons. The Morgan fingerprint density at radius 2 is 1.83 bits per heavy atom. The molecule has 5 nitrogen and oxygen atoms in total. The number of hydrogen-bond acceptors (Lipinski definition) is 4. The number of benzene rings is 1. The molecule has 0 bridgehead atoms. The number of pyridine rings is 1. The average molecular weight is 312 g/mol. The van der Waals surface area contributed by atoms with Gasteiger partial charge in [-0.2, -0.15) is 0 Å². The highest BCUT2D eigenvalue weighted by Gasteiger charge is 2.21. The first-order chi connectivity index (χ1) is 10.6. The molecule has 0 atom stereocenters. The molecular formula is C17H23BN3O2. The lowest BCUT2D eigenvalue weighted by atomic mass is 9.80. The molecule has 1 aromatic heterocycles. The molecule has 5 N–H and O–H groups in total. The summed E-state index contributed by atoms with van der Waals surface area (Å²) in [5, 5.41) is 10.2. The van der Waals surface area contributed by atoms with E-state index in [1.165, 1.54) is 10.5 Å². The second-order valence-corrected chi connectivity index (χ2v) is 6.62. The molecule has 2 rings (SSSR count). The summed E-state index contributed by atoms with van der Waals surface area (Å²) in [6, 6.07) is 7.03. The summed E-state index contributed by atoms with van der Waals surface area (Å²) in [6.45, 7) is 7.41. The molecule has 0 saturated heterocycles. The van der Waals surface area contributed by atoms with Crippen molar-refractivity contribution in [3.8, 4) is 0 Å². The van der Waals surface area contributed by atoms with Gasteiger partial charge in [-0.1, -0.05) is 31.4 Å². The highest BCUT2D eigenvalue weighted by Crippen LogP contribution is 2.23.